The van der Waals surface area contributed by atoms with Crippen molar-refractivity contribution in [3.8, 4) is 0 Å². The Morgan fingerprint density at radius 3 is 2.08 bits per heavy atom. The first-order valence-electron chi connectivity index (χ1n) is 4.52. The van der Waals surface area contributed by atoms with E-state index in [1.165, 1.54) is 6.42 Å². The van der Waals surface area contributed by atoms with Crippen molar-refractivity contribution < 1.29 is 4.79 Å². The Labute approximate surface area is 80.3 Å². The summed E-state index contributed by atoms with van der Waals surface area (Å²) in [6.45, 7) is 6.67. The molecule has 0 aromatic rings. The Hall–Kier alpha value is -0.0400. The SMILES string of the molecule is CC1(C)C2CC[C@]1(C)C(=O)C2.Cl. The molecule has 2 aliphatic rings. The molecule has 2 rings (SSSR count). The molecule has 1 nitrogen and oxygen atoms in total. The third-order valence-electron chi connectivity index (χ3n) is 4.48. The first kappa shape index (κ1) is 10.0. The van der Waals surface area contributed by atoms with Crippen molar-refractivity contribution >= 4 is 18.2 Å². The summed E-state index contributed by atoms with van der Waals surface area (Å²) in [5.41, 5.74) is 0.307. The molecule has 2 fully saturated rings. The van der Waals surface area contributed by atoms with Gasteiger partial charge in [0.1, 0.15) is 5.78 Å². The Morgan fingerprint density at radius 1 is 1.33 bits per heavy atom. The lowest BCUT2D eigenvalue weighted by Gasteiger charge is -2.32. The summed E-state index contributed by atoms with van der Waals surface area (Å²) >= 11 is 0. The number of rotatable bonds is 0. The number of carbonyl (C=O) groups is 1. The van der Waals surface area contributed by atoms with E-state index >= 15 is 0 Å². The molecule has 0 aromatic heterocycles. The van der Waals surface area contributed by atoms with Crippen molar-refractivity contribution in [2.45, 2.75) is 40.0 Å². The van der Waals surface area contributed by atoms with E-state index in [1.54, 1.807) is 0 Å². The lowest BCUT2D eigenvalue weighted by molar-refractivity contribution is -0.128. The minimum Gasteiger partial charge on any atom is -0.299 e. The lowest BCUT2D eigenvalue weighted by atomic mass is 9.70. The number of hydrogen-bond donors (Lipinski definition) is 0. The molecule has 0 aliphatic heterocycles. The van der Waals surface area contributed by atoms with Gasteiger partial charge in [-0.1, -0.05) is 20.8 Å². The van der Waals surface area contributed by atoms with Crippen LogP contribution in [0.1, 0.15) is 40.0 Å². The molecule has 1 unspecified atom stereocenters. The van der Waals surface area contributed by atoms with Gasteiger partial charge < -0.3 is 0 Å². The van der Waals surface area contributed by atoms with Crippen LogP contribution in [0.3, 0.4) is 0 Å². The van der Waals surface area contributed by atoms with E-state index in [1.807, 2.05) is 0 Å². The molecule has 0 spiro atoms. The maximum absolute atomic E-state index is 11.6. The standard InChI is InChI=1S/C10H16O.ClH/c1-9(2)7-4-5-10(9,3)8(11)6-7;/h7H,4-6H2,1-3H3;1H/t7?,10-;/m1./s1. The van der Waals surface area contributed by atoms with Crippen LogP contribution in [0.5, 0.6) is 0 Å². The average Bonchev–Trinajstić information content (AvgIpc) is 2.20. The molecule has 2 atom stereocenters. The van der Waals surface area contributed by atoms with Crippen LogP contribution in [0, 0.1) is 16.7 Å². The van der Waals surface area contributed by atoms with E-state index in [9.17, 15) is 4.79 Å². The largest absolute Gasteiger partial charge is 0.299 e. The van der Waals surface area contributed by atoms with Crippen LogP contribution in [0.2, 0.25) is 0 Å². The van der Waals surface area contributed by atoms with Crippen LogP contribution in [0.4, 0.5) is 0 Å². The molecule has 0 saturated heterocycles. The lowest BCUT2D eigenvalue weighted by Crippen LogP contribution is -2.32. The highest BCUT2D eigenvalue weighted by Gasteiger charge is 2.61. The van der Waals surface area contributed by atoms with Gasteiger partial charge in [0.05, 0.1) is 0 Å². The van der Waals surface area contributed by atoms with E-state index in [4.69, 9.17) is 0 Å². The number of fused-ring (bicyclic) bond motifs is 2. The summed E-state index contributed by atoms with van der Waals surface area (Å²) in [5.74, 6) is 1.19. The topological polar surface area (TPSA) is 17.1 Å². The Balaban J connectivity index is 0.000000720. The van der Waals surface area contributed by atoms with Crippen molar-refractivity contribution in [1.82, 2.24) is 0 Å². The fourth-order valence-electron chi connectivity index (χ4n) is 2.90. The van der Waals surface area contributed by atoms with Gasteiger partial charge in [-0.05, 0) is 24.2 Å². The number of carbonyl (C=O) groups excluding carboxylic acids is 1. The Bertz CT molecular complexity index is 222. The van der Waals surface area contributed by atoms with Crippen molar-refractivity contribution in [3.63, 3.8) is 0 Å². The Morgan fingerprint density at radius 2 is 1.92 bits per heavy atom. The Kier molecular flexibility index (Phi) is 2.07. The van der Waals surface area contributed by atoms with Gasteiger partial charge in [-0.25, -0.2) is 0 Å². The molecule has 0 radical (unpaired) electrons. The minimum absolute atomic E-state index is 0. The zero-order chi connectivity index (χ0) is 8.28. The van der Waals surface area contributed by atoms with Gasteiger partial charge in [-0.15, -0.1) is 12.4 Å². The van der Waals surface area contributed by atoms with Gasteiger partial charge in [0.15, 0.2) is 0 Å². The molecule has 2 saturated carbocycles. The summed E-state index contributed by atoms with van der Waals surface area (Å²) in [5, 5.41) is 0. The molecular weight excluding hydrogens is 172 g/mol. The molecule has 12 heavy (non-hydrogen) atoms. The van der Waals surface area contributed by atoms with E-state index < -0.39 is 0 Å². The van der Waals surface area contributed by atoms with Gasteiger partial charge in [0.2, 0.25) is 0 Å². The zero-order valence-electron chi connectivity index (χ0n) is 8.02. The second kappa shape index (κ2) is 2.47. The second-order valence-corrected chi connectivity index (χ2v) is 4.92. The first-order chi connectivity index (χ1) is 4.98. The predicted octanol–water partition coefficient (Wildman–Crippen LogP) is 2.82. The van der Waals surface area contributed by atoms with Crippen LogP contribution in [0.25, 0.3) is 0 Å². The third kappa shape index (κ3) is 0.834. The van der Waals surface area contributed by atoms with Crippen LogP contribution >= 0.6 is 12.4 Å². The second-order valence-electron chi connectivity index (χ2n) is 4.92. The molecule has 0 N–H and O–H groups in total. The molecule has 2 heteroatoms. The van der Waals surface area contributed by atoms with E-state index in [-0.39, 0.29) is 23.2 Å². The highest BCUT2D eigenvalue weighted by atomic mass is 35.5. The third-order valence-corrected chi connectivity index (χ3v) is 4.48. The normalized spacial score (nSPS) is 42.9. The summed E-state index contributed by atoms with van der Waals surface area (Å²) in [6, 6.07) is 0. The highest BCUT2D eigenvalue weighted by Crippen LogP contribution is 2.63. The first-order valence-corrected chi connectivity index (χ1v) is 4.52. The fraction of sp³-hybridized carbons (Fsp3) is 0.900. The molecule has 0 amide bonds. The predicted molar refractivity (Wildman–Crippen MR) is 51.5 cm³/mol. The molecule has 0 aromatic carbocycles. The minimum atomic E-state index is 0. The molecular formula is C10H17ClO. The zero-order valence-corrected chi connectivity index (χ0v) is 8.83. The van der Waals surface area contributed by atoms with Gasteiger partial charge in [-0.3, -0.25) is 4.79 Å². The van der Waals surface area contributed by atoms with E-state index in [0.29, 0.717) is 11.7 Å². The molecule has 70 valence electrons. The maximum Gasteiger partial charge on any atom is 0.139 e. The molecule has 0 heterocycles. The molecule has 2 bridgehead atoms. The quantitative estimate of drug-likeness (QED) is 0.572. The van der Waals surface area contributed by atoms with E-state index in [0.717, 1.165) is 12.8 Å². The number of ketones is 1. The summed E-state index contributed by atoms with van der Waals surface area (Å²) in [6.07, 6.45) is 3.25. The van der Waals surface area contributed by atoms with Crippen molar-refractivity contribution in [3.05, 3.63) is 0 Å². The molecule has 2 aliphatic carbocycles. The number of hydrogen-bond acceptors (Lipinski definition) is 1. The van der Waals surface area contributed by atoms with Crippen molar-refractivity contribution in [2.75, 3.05) is 0 Å². The smallest absolute Gasteiger partial charge is 0.139 e. The van der Waals surface area contributed by atoms with Crippen LogP contribution in [-0.2, 0) is 4.79 Å². The van der Waals surface area contributed by atoms with Gasteiger partial charge in [0.25, 0.3) is 0 Å². The summed E-state index contributed by atoms with van der Waals surface area (Å²) < 4.78 is 0. The number of halogens is 1. The van der Waals surface area contributed by atoms with Gasteiger partial charge >= 0.3 is 0 Å². The van der Waals surface area contributed by atoms with Gasteiger partial charge in [0, 0.05) is 11.8 Å². The summed E-state index contributed by atoms with van der Waals surface area (Å²) in [7, 11) is 0. The average molecular weight is 189 g/mol. The fourth-order valence-corrected chi connectivity index (χ4v) is 2.90. The van der Waals surface area contributed by atoms with Gasteiger partial charge in [-0.2, -0.15) is 0 Å². The van der Waals surface area contributed by atoms with Crippen molar-refractivity contribution in [2.24, 2.45) is 16.7 Å². The summed E-state index contributed by atoms with van der Waals surface area (Å²) in [4.78, 5) is 11.6. The highest BCUT2D eigenvalue weighted by molar-refractivity contribution is 5.89. The van der Waals surface area contributed by atoms with Crippen molar-refractivity contribution in [1.29, 1.82) is 0 Å². The monoisotopic (exact) mass is 188 g/mol. The van der Waals surface area contributed by atoms with Crippen LogP contribution < -0.4 is 0 Å². The number of Topliss-reactive ketones (excluding diaryl/α,β-unsaturated/α-hetero) is 1. The van der Waals surface area contributed by atoms with Crippen LogP contribution in [0.15, 0.2) is 0 Å². The van der Waals surface area contributed by atoms with Crippen LogP contribution in [-0.4, -0.2) is 5.78 Å². The maximum atomic E-state index is 11.6. The van der Waals surface area contributed by atoms with E-state index in [2.05, 4.69) is 20.8 Å².